The SMILES string of the molecule is CC1(C)OC(=O)N(C[C@H]2CCCO2)[C@]1(C)O. The number of carbonyl (C=O) groups excluding carboxylic acids is 1. The van der Waals surface area contributed by atoms with Crippen LogP contribution in [0.4, 0.5) is 4.79 Å². The number of amides is 1. The highest BCUT2D eigenvalue weighted by molar-refractivity contribution is 5.72. The molecule has 2 atom stereocenters. The smallest absolute Gasteiger partial charge is 0.412 e. The van der Waals surface area contributed by atoms with Crippen LogP contribution >= 0.6 is 0 Å². The average molecular weight is 229 g/mol. The Labute approximate surface area is 95.3 Å². The van der Waals surface area contributed by atoms with Gasteiger partial charge < -0.3 is 14.6 Å². The Bertz CT molecular complexity index is 294. The quantitative estimate of drug-likeness (QED) is 0.770. The van der Waals surface area contributed by atoms with Crippen LogP contribution in [-0.4, -0.2) is 46.7 Å². The van der Waals surface area contributed by atoms with Crippen LogP contribution in [0.1, 0.15) is 33.6 Å². The van der Waals surface area contributed by atoms with Crippen LogP contribution in [0.2, 0.25) is 0 Å². The Balaban J connectivity index is 2.11. The van der Waals surface area contributed by atoms with E-state index >= 15 is 0 Å². The summed E-state index contributed by atoms with van der Waals surface area (Å²) in [5.41, 5.74) is -2.17. The third-order valence-corrected chi connectivity index (χ3v) is 3.64. The van der Waals surface area contributed by atoms with Crippen molar-refractivity contribution in [3.63, 3.8) is 0 Å². The summed E-state index contributed by atoms with van der Waals surface area (Å²) in [6.07, 6.45) is 1.50. The molecule has 2 aliphatic heterocycles. The third kappa shape index (κ3) is 1.68. The molecule has 5 heteroatoms. The van der Waals surface area contributed by atoms with Gasteiger partial charge in [0, 0.05) is 6.61 Å². The lowest BCUT2D eigenvalue weighted by atomic mass is 9.95. The molecular formula is C11H19NO4. The summed E-state index contributed by atoms with van der Waals surface area (Å²) < 4.78 is 10.6. The number of ether oxygens (including phenoxy) is 2. The van der Waals surface area contributed by atoms with E-state index in [-0.39, 0.29) is 6.10 Å². The summed E-state index contributed by atoms with van der Waals surface area (Å²) in [5.74, 6) is 0. The maximum atomic E-state index is 11.7. The lowest BCUT2D eigenvalue weighted by molar-refractivity contribution is -0.133. The lowest BCUT2D eigenvalue weighted by Crippen LogP contribution is -2.55. The van der Waals surface area contributed by atoms with Crippen LogP contribution in [0.25, 0.3) is 0 Å². The highest BCUT2D eigenvalue weighted by Gasteiger charge is 2.56. The monoisotopic (exact) mass is 229 g/mol. The first kappa shape index (κ1) is 11.7. The van der Waals surface area contributed by atoms with Crippen molar-refractivity contribution in [2.45, 2.75) is 51.0 Å². The summed E-state index contributed by atoms with van der Waals surface area (Å²) in [6.45, 7) is 6.15. The summed E-state index contributed by atoms with van der Waals surface area (Å²) in [7, 11) is 0. The Kier molecular flexibility index (Phi) is 2.62. The van der Waals surface area contributed by atoms with Gasteiger partial charge in [0.2, 0.25) is 0 Å². The molecule has 92 valence electrons. The van der Waals surface area contributed by atoms with Crippen molar-refractivity contribution in [3.05, 3.63) is 0 Å². The first-order chi connectivity index (χ1) is 7.34. The molecule has 0 aromatic heterocycles. The Morgan fingerprint density at radius 3 is 2.62 bits per heavy atom. The van der Waals surface area contributed by atoms with Crippen molar-refractivity contribution in [2.75, 3.05) is 13.2 Å². The van der Waals surface area contributed by atoms with Crippen molar-refractivity contribution >= 4 is 6.09 Å². The van der Waals surface area contributed by atoms with Crippen LogP contribution in [0.5, 0.6) is 0 Å². The van der Waals surface area contributed by atoms with E-state index in [9.17, 15) is 9.90 Å². The lowest BCUT2D eigenvalue weighted by Gasteiger charge is -2.35. The van der Waals surface area contributed by atoms with E-state index in [0.717, 1.165) is 19.4 Å². The van der Waals surface area contributed by atoms with E-state index in [1.807, 2.05) is 0 Å². The molecule has 2 saturated heterocycles. The van der Waals surface area contributed by atoms with Gasteiger partial charge in [-0.05, 0) is 33.6 Å². The molecule has 2 rings (SSSR count). The zero-order valence-corrected chi connectivity index (χ0v) is 10.0. The molecule has 2 aliphatic rings. The number of carbonyl (C=O) groups is 1. The Hall–Kier alpha value is -0.810. The predicted octanol–water partition coefficient (Wildman–Crippen LogP) is 1.10. The maximum absolute atomic E-state index is 11.7. The number of nitrogens with zero attached hydrogens (tertiary/aromatic N) is 1. The van der Waals surface area contributed by atoms with Gasteiger partial charge in [-0.15, -0.1) is 0 Å². The van der Waals surface area contributed by atoms with E-state index in [1.54, 1.807) is 20.8 Å². The molecule has 0 bridgehead atoms. The molecule has 1 amide bonds. The van der Waals surface area contributed by atoms with Crippen LogP contribution in [0.3, 0.4) is 0 Å². The first-order valence-corrected chi connectivity index (χ1v) is 5.69. The topological polar surface area (TPSA) is 59.0 Å². The minimum atomic E-state index is -1.28. The van der Waals surface area contributed by atoms with Gasteiger partial charge in [0.1, 0.15) is 0 Å². The van der Waals surface area contributed by atoms with Gasteiger partial charge in [0.25, 0.3) is 0 Å². The van der Waals surface area contributed by atoms with E-state index in [1.165, 1.54) is 4.90 Å². The molecule has 0 aromatic rings. The molecule has 0 unspecified atom stereocenters. The van der Waals surface area contributed by atoms with Crippen LogP contribution in [0.15, 0.2) is 0 Å². The highest BCUT2D eigenvalue weighted by atomic mass is 16.6. The third-order valence-electron chi connectivity index (χ3n) is 3.64. The van der Waals surface area contributed by atoms with Gasteiger partial charge in [-0.3, -0.25) is 4.90 Å². The second-order valence-electron chi connectivity index (χ2n) is 5.14. The molecule has 0 aromatic carbocycles. The standard InChI is InChI=1S/C11H19NO4/c1-10(2)11(3,14)12(9(13)16-10)7-8-5-4-6-15-8/h8,14H,4-7H2,1-3H3/t8-,11-/m1/s1. The van der Waals surface area contributed by atoms with Gasteiger partial charge in [0.15, 0.2) is 11.3 Å². The molecule has 16 heavy (non-hydrogen) atoms. The second-order valence-corrected chi connectivity index (χ2v) is 5.14. The molecule has 5 nitrogen and oxygen atoms in total. The number of cyclic esters (lactones) is 1. The Morgan fingerprint density at radius 2 is 2.19 bits per heavy atom. The fourth-order valence-electron chi connectivity index (χ4n) is 2.12. The van der Waals surface area contributed by atoms with Gasteiger partial charge in [-0.1, -0.05) is 0 Å². The van der Waals surface area contributed by atoms with Crippen LogP contribution < -0.4 is 0 Å². The Morgan fingerprint density at radius 1 is 1.50 bits per heavy atom. The minimum absolute atomic E-state index is 0.0212. The van der Waals surface area contributed by atoms with Crippen LogP contribution in [0, 0.1) is 0 Å². The van der Waals surface area contributed by atoms with Gasteiger partial charge in [-0.2, -0.15) is 0 Å². The summed E-state index contributed by atoms with van der Waals surface area (Å²) in [4.78, 5) is 13.0. The summed E-state index contributed by atoms with van der Waals surface area (Å²) >= 11 is 0. The number of hydrogen-bond acceptors (Lipinski definition) is 4. The molecule has 0 radical (unpaired) electrons. The van der Waals surface area contributed by atoms with E-state index in [2.05, 4.69) is 0 Å². The summed E-state index contributed by atoms with van der Waals surface area (Å²) in [5, 5.41) is 10.3. The average Bonchev–Trinajstić information content (AvgIpc) is 2.68. The van der Waals surface area contributed by atoms with Crippen LogP contribution in [-0.2, 0) is 9.47 Å². The van der Waals surface area contributed by atoms with Crippen molar-refractivity contribution in [2.24, 2.45) is 0 Å². The van der Waals surface area contributed by atoms with Crippen molar-refractivity contribution < 1.29 is 19.4 Å². The number of rotatable bonds is 2. The maximum Gasteiger partial charge on any atom is 0.412 e. The molecule has 1 N–H and O–H groups in total. The molecule has 0 aliphatic carbocycles. The molecule has 0 saturated carbocycles. The highest BCUT2D eigenvalue weighted by Crippen LogP contribution is 2.37. The van der Waals surface area contributed by atoms with Gasteiger partial charge >= 0.3 is 6.09 Å². The van der Waals surface area contributed by atoms with E-state index < -0.39 is 17.4 Å². The van der Waals surface area contributed by atoms with Crippen molar-refractivity contribution in [1.29, 1.82) is 0 Å². The van der Waals surface area contributed by atoms with Gasteiger partial charge in [0.05, 0.1) is 12.6 Å². The number of aliphatic hydroxyl groups is 1. The molecule has 2 fully saturated rings. The van der Waals surface area contributed by atoms with E-state index in [4.69, 9.17) is 9.47 Å². The first-order valence-electron chi connectivity index (χ1n) is 5.69. The zero-order valence-electron chi connectivity index (χ0n) is 10.0. The molecule has 2 heterocycles. The second kappa shape index (κ2) is 3.60. The predicted molar refractivity (Wildman–Crippen MR) is 56.9 cm³/mol. The van der Waals surface area contributed by atoms with E-state index in [0.29, 0.717) is 6.54 Å². The number of hydrogen-bond donors (Lipinski definition) is 1. The molecular weight excluding hydrogens is 210 g/mol. The minimum Gasteiger partial charge on any atom is -0.438 e. The normalized spacial score (nSPS) is 37.9. The largest absolute Gasteiger partial charge is 0.438 e. The van der Waals surface area contributed by atoms with Crippen molar-refractivity contribution in [3.8, 4) is 0 Å². The zero-order chi connectivity index (χ0) is 12.0. The molecule has 0 spiro atoms. The van der Waals surface area contributed by atoms with Crippen molar-refractivity contribution in [1.82, 2.24) is 4.90 Å². The van der Waals surface area contributed by atoms with Gasteiger partial charge in [-0.25, -0.2) is 4.79 Å². The fourth-order valence-corrected chi connectivity index (χ4v) is 2.12. The fraction of sp³-hybridized carbons (Fsp3) is 0.909. The summed E-state index contributed by atoms with van der Waals surface area (Å²) in [6, 6.07) is 0.